The van der Waals surface area contributed by atoms with Crippen LogP contribution in [-0.2, 0) is 16.6 Å². The summed E-state index contributed by atoms with van der Waals surface area (Å²) in [4.78, 5) is 23.8. The fraction of sp³-hybridized carbons (Fsp3) is 0.545. The molecule has 100 valence electrons. The van der Waals surface area contributed by atoms with Gasteiger partial charge in [0.05, 0.1) is 6.20 Å². The van der Waals surface area contributed by atoms with Gasteiger partial charge in [-0.05, 0) is 6.42 Å². The molecule has 7 heteroatoms. The van der Waals surface area contributed by atoms with Gasteiger partial charge in [-0.3, -0.25) is 14.3 Å². The number of rotatable bonds is 6. The van der Waals surface area contributed by atoms with Gasteiger partial charge in [0.15, 0.2) is 0 Å². The van der Waals surface area contributed by atoms with Crippen LogP contribution < -0.4 is 5.73 Å². The number of carbonyl (C=O) groups is 2. The van der Waals surface area contributed by atoms with E-state index in [1.54, 1.807) is 31.2 Å². The van der Waals surface area contributed by atoms with Crippen LogP contribution in [0.4, 0.5) is 0 Å². The zero-order chi connectivity index (χ0) is 13.7. The van der Waals surface area contributed by atoms with Crippen LogP contribution >= 0.6 is 0 Å². The van der Waals surface area contributed by atoms with Crippen LogP contribution in [0.15, 0.2) is 12.4 Å². The molecule has 0 bridgehead atoms. The Hall–Kier alpha value is -1.89. The van der Waals surface area contributed by atoms with Crippen LogP contribution in [0.2, 0.25) is 0 Å². The number of likely N-dealkylation sites (N-methyl/N-ethyl adjacent to an activating group) is 1. The highest BCUT2D eigenvalue weighted by molar-refractivity contribution is 5.82. The molecule has 0 saturated heterocycles. The summed E-state index contributed by atoms with van der Waals surface area (Å²) in [5.74, 6) is -1.11. The van der Waals surface area contributed by atoms with E-state index in [9.17, 15) is 9.59 Å². The van der Waals surface area contributed by atoms with Crippen molar-refractivity contribution in [3.8, 4) is 0 Å². The Kier molecular flexibility index (Phi) is 4.85. The van der Waals surface area contributed by atoms with E-state index in [1.165, 1.54) is 4.90 Å². The smallest absolute Gasteiger partial charge is 0.303 e. The van der Waals surface area contributed by atoms with Gasteiger partial charge in [-0.1, -0.05) is 0 Å². The summed E-state index contributed by atoms with van der Waals surface area (Å²) < 4.78 is 1.58. The summed E-state index contributed by atoms with van der Waals surface area (Å²) in [5, 5.41) is 12.5. The molecule has 7 nitrogen and oxygen atoms in total. The van der Waals surface area contributed by atoms with E-state index in [1.807, 2.05) is 0 Å². The molecule has 3 N–H and O–H groups in total. The van der Waals surface area contributed by atoms with Gasteiger partial charge in [-0.25, -0.2) is 0 Å². The number of nitrogens with two attached hydrogens (primary N) is 1. The standard InChI is InChI=1S/C11H18N4O3/c1-14(5-3-4-9(16)17)11(18)10(12)8-6-13-15(2)7-8/h6-7,10H,3-5,12H2,1-2H3,(H,16,17). The minimum absolute atomic E-state index is 0.0414. The van der Waals surface area contributed by atoms with Gasteiger partial charge >= 0.3 is 5.97 Å². The van der Waals surface area contributed by atoms with E-state index in [0.717, 1.165) is 0 Å². The number of amides is 1. The number of nitrogens with zero attached hydrogens (tertiary/aromatic N) is 3. The van der Waals surface area contributed by atoms with Crippen molar-refractivity contribution in [1.29, 1.82) is 0 Å². The largest absolute Gasteiger partial charge is 0.481 e. The monoisotopic (exact) mass is 254 g/mol. The predicted octanol–water partition coefficient (Wildman–Crippen LogP) is -0.257. The maximum Gasteiger partial charge on any atom is 0.303 e. The molecule has 1 aromatic rings. The molecule has 0 spiro atoms. The van der Waals surface area contributed by atoms with Gasteiger partial charge in [-0.2, -0.15) is 5.10 Å². The molecule has 1 atom stereocenters. The normalized spacial score (nSPS) is 12.2. The molecule has 1 heterocycles. The Morgan fingerprint density at radius 3 is 2.78 bits per heavy atom. The number of aliphatic carboxylic acids is 1. The molecule has 0 aliphatic heterocycles. The Morgan fingerprint density at radius 2 is 2.28 bits per heavy atom. The number of hydrogen-bond acceptors (Lipinski definition) is 4. The first-order valence-corrected chi connectivity index (χ1v) is 5.62. The van der Waals surface area contributed by atoms with Gasteiger partial charge in [0, 0.05) is 38.8 Å². The highest BCUT2D eigenvalue weighted by Gasteiger charge is 2.20. The van der Waals surface area contributed by atoms with Crippen molar-refractivity contribution in [2.75, 3.05) is 13.6 Å². The zero-order valence-electron chi connectivity index (χ0n) is 10.5. The van der Waals surface area contributed by atoms with Crippen molar-refractivity contribution in [3.05, 3.63) is 18.0 Å². The van der Waals surface area contributed by atoms with Crippen LogP contribution in [0.5, 0.6) is 0 Å². The van der Waals surface area contributed by atoms with E-state index in [0.29, 0.717) is 18.5 Å². The minimum Gasteiger partial charge on any atom is -0.481 e. The van der Waals surface area contributed by atoms with E-state index in [4.69, 9.17) is 10.8 Å². The number of carboxylic acid groups (broad SMARTS) is 1. The second kappa shape index (κ2) is 6.15. The molecule has 18 heavy (non-hydrogen) atoms. The van der Waals surface area contributed by atoms with Gasteiger partial charge < -0.3 is 15.7 Å². The molecule has 1 aromatic heterocycles. The summed E-state index contributed by atoms with van der Waals surface area (Å²) in [7, 11) is 3.36. The van der Waals surface area contributed by atoms with E-state index in [2.05, 4.69) is 5.10 Å². The molecule has 0 radical (unpaired) electrons. The van der Waals surface area contributed by atoms with Crippen LogP contribution in [0.3, 0.4) is 0 Å². The number of aryl methyl sites for hydroxylation is 1. The lowest BCUT2D eigenvalue weighted by molar-refractivity contribution is -0.138. The van der Waals surface area contributed by atoms with Crippen LogP contribution in [0, 0.1) is 0 Å². The second-order valence-corrected chi connectivity index (χ2v) is 4.18. The van der Waals surface area contributed by atoms with Crippen LogP contribution in [0.25, 0.3) is 0 Å². The lowest BCUT2D eigenvalue weighted by atomic mass is 10.1. The lowest BCUT2D eigenvalue weighted by Crippen LogP contribution is -2.36. The third-order valence-corrected chi connectivity index (χ3v) is 2.61. The fourth-order valence-electron chi connectivity index (χ4n) is 1.56. The van der Waals surface area contributed by atoms with E-state index in [-0.39, 0.29) is 12.3 Å². The summed E-state index contributed by atoms with van der Waals surface area (Å²) in [5.41, 5.74) is 6.47. The third-order valence-electron chi connectivity index (χ3n) is 2.61. The van der Waals surface area contributed by atoms with E-state index < -0.39 is 12.0 Å². The van der Waals surface area contributed by atoms with Gasteiger partial charge in [-0.15, -0.1) is 0 Å². The molecule has 1 amide bonds. The molecular weight excluding hydrogens is 236 g/mol. The molecule has 0 aromatic carbocycles. The van der Waals surface area contributed by atoms with Gasteiger partial charge in [0.1, 0.15) is 6.04 Å². The maximum atomic E-state index is 11.9. The fourth-order valence-corrected chi connectivity index (χ4v) is 1.56. The van der Waals surface area contributed by atoms with Crippen molar-refractivity contribution in [2.24, 2.45) is 12.8 Å². The van der Waals surface area contributed by atoms with Gasteiger partial charge in [0.25, 0.3) is 0 Å². The molecule has 0 aliphatic rings. The summed E-state index contributed by atoms with van der Waals surface area (Å²) in [6.07, 6.45) is 3.69. The number of carbonyl (C=O) groups excluding carboxylic acids is 1. The Labute approximate surface area is 105 Å². The SMILES string of the molecule is CN(CCCC(=O)O)C(=O)C(N)c1cnn(C)c1. The number of hydrogen-bond donors (Lipinski definition) is 2. The minimum atomic E-state index is -0.868. The van der Waals surface area contributed by atoms with Crippen LogP contribution in [-0.4, -0.2) is 45.3 Å². The first-order valence-electron chi connectivity index (χ1n) is 5.62. The highest BCUT2D eigenvalue weighted by Crippen LogP contribution is 2.11. The molecular formula is C11H18N4O3. The number of aromatic nitrogens is 2. The van der Waals surface area contributed by atoms with Gasteiger partial charge in [0.2, 0.25) is 5.91 Å². The Morgan fingerprint density at radius 1 is 1.61 bits per heavy atom. The third kappa shape index (κ3) is 3.85. The molecule has 1 rings (SSSR count). The number of carboxylic acids is 1. The van der Waals surface area contributed by atoms with E-state index >= 15 is 0 Å². The Bertz CT molecular complexity index is 430. The van der Waals surface area contributed by atoms with Crippen molar-refractivity contribution >= 4 is 11.9 Å². The molecule has 0 saturated carbocycles. The quantitative estimate of drug-likeness (QED) is 0.728. The molecule has 0 aliphatic carbocycles. The first kappa shape index (κ1) is 14.2. The van der Waals surface area contributed by atoms with Crippen molar-refractivity contribution in [2.45, 2.75) is 18.9 Å². The molecule has 1 unspecified atom stereocenters. The van der Waals surface area contributed by atoms with Crippen molar-refractivity contribution < 1.29 is 14.7 Å². The zero-order valence-corrected chi connectivity index (χ0v) is 10.5. The average molecular weight is 254 g/mol. The predicted molar refractivity (Wildman–Crippen MR) is 64.6 cm³/mol. The Balaban J connectivity index is 2.50. The summed E-state index contributed by atoms with van der Waals surface area (Å²) in [6.45, 7) is 0.374. The highest BCUT2D eigenvalue weighted by atomic mass is 16.4. The van der Waals surface area contributed by atoms with Crippen molar-refractivity contribution in [3.63, 3.8) is 0 Å². The summed E-state index contributed by atoms with van der Waals surface area (Å²) >= 11 is 0. The lowest BCUT2D eigenvalue weighted by Gasteiger charge is -2.20. The average Bonchev–Trinajstić information content (AvgIpc) is 2.73. The van der Waals surface area contributed by atoms with Crippen LogP contribution in [0.1, 0.15) is 24.4 Å². The second-order valence-electron chi connectivity index (χ2n) is 4.18. The van der Waals surface area contributed by atoms with Crippen molar-refractivity contribution in [1.82, 2.24) is 14.7 Å². The summed E-state index contributed by atoms with van der Waals surface area (Å²) in [6, 6.07) is -0.756. The maximum absolute atomic E-state index is 11.9. The topological polar surface area (TPSA) is 101 Å². The molecule has 0 fully saturated rings. The first-order chi connectivity index (χ1) is 8.41.